The predicted molar refractivity (Wildman–Crippen MR) is 140 cm³/mol. The van der Waals surface area contributed by atoms with Gasteiger partial charge in [0.1, 0.15) is 5.60 Å². The van der Waals surface area contributed by atoms with Crippen LogP contribution in [0, 0.1) is 16.7 Å². The number of nitrogens with one attached hydrogen (secondary N) is 1. The number of ketones is 1. The molecule has 7 heteroatoms. The lowest BCUT2D eigenvalue weighted by Crippen LogP contribution is -2.46. The Kier molecular flexibility index (Phi) is 10.9. The van der Waals surface area contributed by atoms with Gasteiger partial charge in [0.15, 0.2) is 5.78 Å². The molecule has 0 fully saturated rings. The molecule has 0 saturated heterocycles. The maximum absolute atomic E-state index is 13.4. The Balaban J connectivity index is 3.02. The molecule has 198 valence electrons. The lowest BCUT2D eigenvalue weighted by molar-refractivity contribution is -0.136. The summed E-state index contributed by atoms with van der Waals surface area (Å²) in [5, 5.41) is 2.78. The molecule has 0 bridgehead atoms. The highest BCUT2D eigenvalue weighted by Crippen LogP contribution is 2.28. The monoisotopic (exact) mass is 489 g/mol. The molecule has 0 saturated carbocycles. The third-order valence-electron chi connectivity index (χ3n) is 5.22. The fourth-order valence-corrected chi connectivity index (χ4v) is 3.87. The molecule has 7 nitrogen and oxygen atoms in total. The number of alkyl carbamates (subject to hydrolysis) is 1. The molecule has 0 unspecified atom stereocenters. The first-order chi connectivity index (χ1) is 15.9. The van der Waals surface area contributed by atoms with Gasteiger partial charge >= 0.3 is 6.09 Å². The zero-order chi connectivity index (χ0) is 27.0. The summed E-state index contributed by atoms with van der Waals surface area (Å²) in [6, 6.07) is 3.17. The number of carbonyl (C=O) groups excluding carboxylic acids is 3. The number of hydrogen-bond acceptors (Lipinski definition) is 5. The maximum atomic E-state index is 13.4. The lowest BCUT2D eigenvalue weighted by Gasteiger charge is -2.35. The van der Waals surface area contributed by atoms with Gasteiger partial charge in [-0.25, -0.2) is 4.79 Å². The Hall–Kier alpha value is -2.44. The van der Waals surface area contributed by atoms with E-state index in [9.17, 15) is 14.4 Å². The van der Waals surface area contributed by atoms with Gasteiger partial charge in [-0.3, -0.25) is 14.6 Å². The van der Waals surface area contributed by atoms with E-state index in [0.29, 0.717) is 25.9 Å². The zero-order valence-corrected chi connectivity index (χ0v) is 23.5. The number of aromatic nitrogens is 1. The van der Waals surface area contributed by atoms with E-state index in [1.54, 1.807) is 33.2 Å². The van der Waals surface area contributed by atoms with E-state index >= 15 is 0 Å². The van der Waals surface area contributed by atoms with Crippen molar-refractivity contribution in [3.63, 3.8) is 0 Å². The van der Waals surface area contributed by atoms with Crippen molar-refractivity contribution in [1.82, 2.24) is 15.2 Å². The van der Waals surface area contributed by atoms with Gasteiger partial charge in [-0.15, -0.1) is 0 Å². The van der Waals surface area contributed by atoms with Crippen molar-refractivity contribution < 1.29 is 19.1 Å². The van der Waals surface area contributed by atoms with Gasteiger partial charge in [0.25, 0.3) is 0 Å². The molecule has 1 N–H and O–H groups in total. The SMILES string of the molecule is CC(C)C[C@H](NC(=O)OC(C)(C)C)C(=O)CC(C)(C)CN(Cc1ccncc1)C(=O)CC(C)(C)C. The van der Waals surface area contributed by atoms with Crippen LogP contribution >= 0.6 is 0 Å². The summed E-state index contributed by atoms with van der Waals surface area (Å²) in [6.45, 7) is 20.4. The van der Waals surface area contributed by atoms with Gasteiger partial charge in [-0.05, 0) is 61.6 Å². The molecule has 0 aliphatic carbocycles. The molecule has 0 radical (unpaired) electrons. The minimum atomic E-state index is -0.643. The van der Waals surface area contributed by atoms with Crippen molar-refractivity contribution in [3.8, 4) is 0 Å². The third-order valence-corrected chi connectivity index (χ3v) is 5.22. The molecule has 1 aromatic rings. The van der Waals surface area contributed by atoms with Crippen LogP contribution in [0.1, 0.15) is 94.1 Å². The largest absolute Gasteiger partial charge is 0.444 e. The number of Topliss-reactive ketones (excluding diaryl/α,β-unsaturated/α-hetero) is 1. The van der Waals surface area contributed by atoms with E-state index in [4.69, 9.17) is 4.74 Å². The Bertz CT molecular complexity index is 836. The van der Waals surface area contributed by atoms with E-state index in [-0.39, 0.29) is 29.4 Å². The number of amides is 2. The van der Waals surface area contributed by atoms with Crippen LogP contribution in [-0.2, 0) is 20.9 Å². The fraction of sp³-hybridized carbons (Fsp3) is 0.714. The van der Waals surface area contributed by atoms with Crippen molar-refractivity contribution in [2.45, 2.75) is 107 Å². The average molecular weight is 490 g/mol. The average Bonchev–Trinajstić information content (AvgIpc) is 2.64. The fourth-order valence-electron chi connectivity index (χ4n) is 3.87. The van der Waals surface area contributed by atoms with Crippen molar-refractivity contribution in [2.75, 3.05) is 6.54 Å². The Labute approximate surface area is 212 Å². The number of nitrogens with zero attached hydrogens (tertiary/aromatic N) is 2. The maximum Gasteiger partial charge on any atom is 0.408 e. The Morgan fingerprint density at radius 3 is 2.03 bits per heavy atom. The van der Waals surface area contributed by atoms with Crippen LogP contribution in [0.4, 0.5) is 4.79 Å². The smallest absolute Gasteiger partial charge is 0.408 e. The van der Waals surface area contributed by atoms with Gasteiger partial charge in [-0.1, -0.05) is 48.5 Å². The Morgan fingerprint density at radius 1 is 0.971 bits per heavy atom. The quantitative estimate of drug-likeness (QED) is 0.426. The normalized spacial score (nSPS) is 13.3. The van der Waals surface area contributed by atoms with E-state index in [2.05, 4.69) is 10.3 Å². The minimum absolute atomic E-state index is 0.0540. The summed E-state index contributed by atoms with van der Waals surface area (Å²) in [5.41, 5.74) is -0.278. The molecule has 0 aliphatic heterocycles. The van der Waals surface area contributed by atoms with Crippen LogP contribution in [0.3, 0.4) is 0 Å². The number of rotatable bonds is 11. The van der Waals surface area contributed by atoms with Crippen LogP contribution in [-0.4, -0.2) is 45.9 Å². The molecule has 2 amide bonds. The lowest BCUT2D eigenvalue weighted by atomic mass is 9.83. The number of pyridine rings is 1. The summed E-state index contributed by atoms with van der Waals surface area (Å²) in [6.07, 6.45) is 4.02. The van der Waals surface area contributed by atoms with Crippen LogP contribution in [0.15, 0.2) is 24.5 Å². The summed E-state index contributed by atoms with van der Waals surface area (Å²) >= 11 is 0. The summed E-state index contributed by atoms with van der Waals surface area (Å²) in [4.78, 5) is 44.9. The molecule has 0 aliphatic rings. The van der Waals surface area contributed by atoms with E-state index in [0.717, 1.165) is 5.56 Å². The number of hydrogen-bond donors (Lipinski definition) is 1. The first kappa shape index (κ1) is 30.6. The predicted octanol–water partition coefficient (Wildman–Crippen LogP) is 5.77. The first-order valence-corrected chi connectivity index (χ1v) is 12.6. The van der Waals surface area contributed by atoms with Crippen LogP contribution in [0.25, 0.3) is 0 Å². The van der Waals surface area contributed by atoms with Crippen molar-refractivity contribution in [2.24, 2.45) is 16.7 Å². The summed E-state index contributed by atoms with van der Waals surface area (Å²) in [5.74, 6) is 0.223. The van der Waals surface area contributed by atoms with Gasteiger partial charge in [-0.2, -0.15) is 0 Å². The van der Waals surface area contributed by atoms with Gasteiger partial charge in [0, 0.05) is 38.3 Å². The van der Waals surface area contributed by atoms with E-state index in [1.165, 1.54) is 0 Å². The molecular formula is C28H47N3O4. The zero-order valence-electron chi connectivity index (χ0n) is 23.5. The Morgan fingerprint density at radius 2 is 1.54 bits per heavy atom. The molecule has 0 spiro atoms. The van der Waals surface area contributed by atoms with Gasteiger partial charge in [0.2, 0.25) is 5.91 Å². The van der Waals surface area contributed by atoms with Gasteiger partial charge < -0.3 is 15.0 Å². The van der Waals surface area contributed by atoms with E-state index < -0.39 is 23.2 Å². The highest BCUT2D eigenvalue weighted by Gasteiger charge is 2.33. The van der Waals surface area contributed by atoms with Gasteiger partial charge in [0.05, 0.1) is 6.04 Å². The molecule has 1 aromatic heterocycles. The topological polar surface area (TPSA) is 88.6 Å². The molecule has 35 heavy (non-hydrogen) atoms. The minimum Gasteiger partial charge on any atom is -0.444 e. The highest BCUT2D eigenvalue weighted by atomic mass is 16.6. The standard InChI is InChI=1S/C28H47N3O4/c1-20(2)15-22(30-25(34)35-27(6,7)8)23(32)16-28(9,10)19-31(24(33)17-26(3,4)5)18-21-11-13-29-14-12-21/h11-14,20,22H,15-19H2,1-10H3,(H,30,34)/t22-/m0/s1. The van der Waals surface area contributed by atoms with Crippen molar-refractivity contribution in [3.05, 3.63) is 30.1 Å². The summed E-state index contributed by atoms with van der Waals surface area (Å²) < 4.78 is 5.38. The second-order valence-corrected chi connectivity index (χ2v) is 13.0. The van der Waals surface area contributed by atoms with Crippen LogP contribution in [0.2, 0.25) is 0 Å². The summed E-state index contributed by atoms with van der Waals surface area (Å²) in [7, 11) is 0. The molecule has 1 atom stereocenters. The van der Waals surface area contributed by atoms with E-state index in [1.807, 2.05) is 65.5 Å². The van der Waals surface area contributed by atoms with Crippen molar-refractivity contribution in [1.29, 1.82) is 0 Å². The third kappa shape index (κ3) is 13.3. The van der Waals surface area contributed by atoms with Crippen LogP contribution < -0.4 is 5.32 Å². The molecular weight excluding hydrogens is 442 g/mol. The highest BCUT2D eigenvalue weighted by molar-refractivity contribution is 5.88. The van der Waals surface area contributed by atoms with Crippen molar-refractivity contribution >= 4 is 17.8 Å². The number of carbonyl (C=O) groups is 3. The van der Waals surface area contributed by atoms with Crippen LogP contribution in [0.5, 0.6) is 0 Å². The molecule has 0 aromatic carbocycles. The second kappa shape index (κ2) is 12.5. The second-order valence-electron chi connectivity index (χ2n) is 13.0. The molecule has 1 rings (SSSR count). The first-order valence-electron chi connectivity index (χ1n) is 12.6. The number of ether oxygens (including phenoxy) is 1. The molecule has 1 heterocycles.